The third-order valence-electron chi connectivity index (χ3n) is 3.46. The Balaban J connectivity index is 2.56. The second-order valence-corrected chi connectivity index (χ2v) is 6.09. The summed E-state index contributed by atoms with van der Waals surface area (Å²) < 4.78 is 0.949. The minimum absolute atomic E-state index is 0.588. The van der Waals surface area contributed by atoms with Gasteiger partial charge in [-0.1, -0.05) is 51.3 Å². The molecule has 0 spiro atoms. The van der Waals surface area contributed by atoms with Gasteiger partial charge in [0, 0.05) is 4.47 Å². The zero-order chi connectivity index (χ0) is 14.2. The van der Waals surface area contributed by atoms with Crippen molar-refractivity contribution in [3.63, 3.8) is 0 Å². The van der Waals surface area contributed by atoms with Crippen molar-refractivity contribution in [2.24, 2.45) is 0 Å². The molecule has 0 saturated carbocycles. The Hall–Kier alpha value is -1.12. The quantitative estimate of drug-likeness (QED) is 0.846. The zero-order valence-corrected chi connectivity index (χ0v) is 13.4. The highest BCUT2D eigenvalue weighted by Crippen LogP contribution is 2.33. The molecule has 2 aromatic rings. The van der Waals surface area contributed by atoms with E-state index in [0.29, 0.717) is 0 Å². The molecule has 2 rings (SSSR count). The van der Waals surface area contributed by atoms with Crippen LogP contribution in [0, 0.1) is 27.7 Å². The van der Waals surface area contributed by atoms with Crippen molar-refractivity contribution < 1.29 is 5.11 Å². The molecule has 0 aliphatic carbocycles. The Morgan fingerprint density at radius 1 is 0.895 bits per heavy atom. The molecule has 1 nitrogen and oxygen atoms in total. The topological polar surface area (TPSA) is 20.2 Å². The van der Waals surface area contributed by atoms with Crippen LogP contribution in [0.3, 0.4) is 0 Å². The van der Waals surface area contributed by atoms with Gasteiger partial charge >= 0.3 is 0 Å². The fourth-order valence-corrected chi connectivity index (χ4v) is 3.11. The smallest absolute Gasteiger partial charge is 0.106 e. The van der Waals surface area contributed by atoms with E-state index in [1.807, 2.05) is 25.1 Å². The van der Waals surface area contributed by atoms with E-state index in [-0.39, 0.29) is 0 Å². The van der Waals surface area contributed by atoms with Gasteiger partial charge < -0.3 is 5.11 Å². The minimum atomic E-state index is -0.588. The van der Waals surface area contributed by atoms with Crippen molar-refractivity contribution in [2.75, 3.05) is 0 Å². The lowest BCUT2D eigenvalue weighted by Gasteiger charge is -2.19. The van der Waals surface area contributed by atoms with Crippen molar-refractivity contribution in [1.29, 1.82) is 0 Å². The number of rotatable bonds is 2. The highest BCUT2D eigenvalue weighted by Gasteiger charge is 2.18. The van der Waals surface area contributed by atoms with Gasteiger partial charge in [-0.05, 0) is 56.0 Å². The first kappa shape index (κ1) is 14.3. The fraction of sp³-hybridized carbons (Fsp3) is 0.294. The molecule has 1 unspecified atom stereocenters. The summed E-state index contributed by atoms with van der Waals surface area (Å²) in [6, 6.07) is 10.3. The van der Waals surface area contributed by atoms with Crippen LogP contribution < -0.4 is 0 Å². The standard InChI is InChI=1S/C17H19BrO/c1-10-5-6-15(18)14(9-10)17(19)16-12(3)7-11(2)8-13(16)4/h5-9,17,19H,1-4H3. The van der Waals surface area contributed by atoms with Crippen LogP contribution in [0.1, 0.15) is 39.5 Å². The van der Waals surface area contributed by atoms with E-state index in [1.54, 1.807) is 0 Å². The van der Waals surface area contributed by atoms with E-state index in [0.717, 1.165) is 32.3 Å². The summed E-state index contributed by atoms with van der Waals surface area (Å²) in [6.07, 6.45) is -0.588. The number of hydrogen-bond donors (Lipinski definition) is 1. The summed E-state index contributed by atoms with van der Waals surface area (Å²) in [6.45, 7) is 8.24. The van der Waals surface area contributed by atoms with E-state index in [4.69, 9.17) is 0 Å². The number of hydrogen-bond acceptors (Lipinski definition) is 1. The molecule has 1 atom stereocenters. The lowest BCUT2D eigenvalue weighted by molar-refractivity contribution is 0.218. The van der Waals surface area contributed by atoms with Gasteiger partial charge in [-0.15, -0.1) is 0 Å². The van der Waals surface area contributed by atoms with Crippen LogP contribution in [0.5, 0.6) is 0 Å². The molecule has 0 amide bonds. The second kappa shape index (κ2) is 5.48. The molecule has 0 saturated heterocycles. The zero-order valence-electron chi connectivity index (χ0n) is 11.8. The van der Waals surface area contributed by atoms with Crippen LogP contribution >= 0.6 is 15.9 Å². The lowest BCUT2D eigenvalue weighted by atomic mass is 9.91. The SMILES string of the molecule is Cc1cc(C)c(C(O)c2cc(C)ccc2Br)c(C)c1. The molecule has 2 aromatic carbocycles. The van der Waals surface area contributed by atoms with Gasteiger partial charge in [0.1, 0.15) is 6.10 Å². The molecular weight excluding hydrogens is 300 g/mol. The molecular formula is C17H19BrO. The molecule has 0 aliphatic heterocycles. The van der Waals surface area contributed by atoms with E-state index in [1.165, 1.54) is 5.56 Å². The van der Waals surface area contributed by atoms with Crippen molar-refractivity contribution in [3.8, 4) is 0 Å². The Morgan fingerprint density at radius 2 is 1.47 bits per heavy atom. The van der Waals surface area contributed by atoms with Gasteiger partial charge in [0.2, 0.25) is 0 Å². The summed E-state index contributed by atoms with van der Waals surface area (Å²) in [5.74, 6) is 0. The van der Waals surface area contributed by atoms with Crippen LogP contribution in [0.2, 0.25) is 0 Å². The van der Waals surface area contributed by atoms with Gasteiger partial charge in [0.25, 0.3) is 0 Å². The largest absolute Gasteiger partial charge is 0.384 e. The summed E-state index contributed by atoms with van der Waals surface area (Å²) in [5, 5.41) is 10.7. The number of aliphatic hydroxyl groups is 1. The second-order valence-electron chi connectivity index (χ2n) is 5.24. The number of halogens is 1. The Morgan fingerprint density at radius 3 is 2.05 bits per heavy atom. The molecule has 100 valence electrons. The van der Waals surface area contributed by atoms with Gasteiger partial charge in [0.15, 0.2) is 0 Å². The summed E-state index contributed by atoms with van der Waals surface area (Å²) >= 11 is 3.53. The van der Waals surface area contributed by atoms with Gasteiger partial charge in [-0.2, -0.15) is 0 Å². The summed E-state index contributed by atoms with van der Waals surface area (Å²) in [5.41, 5.74) is 6.60. The molecule has 2 heteroatoms. The third kappa shape index (κ3) is 2.90. The first-order valence-corrected chi connectivity index (χ1v) is 7.21. The third-order valence-corrected chi connectivity index (χ3v) is 4.18. The van der Waals surface area contributed by atoms with Crippen LogP contribution in [-0.2, 0) is 0 Å². The maximum Gasteiger partial charge on any atom is 0.106 e. The van der Waals surface area contributed by atoms with Crippen LogP contribution in [0.25, 0.3) is 0 Å². The number of aliphatic hydroxyl groups excluding tert-OH is 1. The van der Waals surface area contributed by atoms with E-state index < -0.39 is 6.10 Å². The molecule has 1 N–H and O–H groups in total. The van der Waals surface area contributed by atoms with Crippen LogP contribution in [0.15, 0.2) is 34.8 Å². The number of benzene rings is 2. The van der Waals surface area contributed by atoms with Crippen LogP contribution in [0.4, 0.5) is 0 Å². The fourth-order valence-electron chi connectivity index (χ4n) is 2.65. The van der Waals surface area contributed by atoms with Crippen molar-refractivity contribution in [2.45, 2.75) is 33.8 Å². The Bertz CT molecular complexity index is 594. The predicted octanol–water partition coefficient (Wildman–Crippen LogP) is 4.76. The summed E-state index contributed by atoms with van der Waals surface area (Å²) in [4.78, 5) is 0. The van der Waals surface area contributed by atoms with Gasteiger partial charge in [-0.3, -0.25) is 0 Å². The number of aryl methyl sites for hydroxylation is 4. The average molecular weight is 319 g/mol. The minimum Gasteiger partial charge on any atom is -0.384 e. The monoisotopic (exact) mass is 318 g/mol. The predicted molar refractivity (Wildman–Crippen MR) is 83.6 cm³/mol. The molecule has 0 aromatic heterocycles. The highest BCUT2D eigenvalue weighted by molar-refractivity contribution is 9.10. The molecule has 0 aliphatic rings. The molecule has 19 heavy (non-hydrogen) atoms. The van der Waals surface area contributed by atoms with E-state index in [9.17, 15) is 5.11 Å². The van der Waals surface area contributed by atoms with E-state index in [2.05, 4.69) is 48.8 Å². The molecule has 0 heterocycles. The molecule has 0 radical (unpaired) electrons. The summed E-state index contributed by atoms with van der Waals surface area (Å²) in [7, 11) is 0. The van der Waals surface area contributed by atoms with E-state index >= 15 is 0 Å². The maximum atomic E-state index is 10.7. The Kier molecular flexibility index (Phi) is 4.12. The molecule has 0 fully saturated rings. The first-order valence-electron chi connectivity index (χ1n) is 6.42. The normalized spacial score (nSPS) is 12.5. The van der Waals surface area contributed by atoms with Crippen molar-refractivity contribution >= 4 is 15.9 Å². The molecule has 0 bridgehead atoms. The first-order chi connectivity index (χ1) is 8.90. The lowest BCUT2D eigenvalue weighted by Crippen LogP contribution is -2.06. The van der Waals surface area contributed by atoms with Crippen molar-refractivity contribution in [1.82, 2.24) is 0 Å². The maximum absolute atomic E-state index is 10.7. The van der Waals surface area contributed by atoms with Gasteiger partial charge in [-0.25, -0.2) is 0 Å². The highest BCUT2D eigenvalue weighted by atomic mass is 79.9. The van der Waals surface area contributed by atoms with Crippen LogP contribution in [-0.4, -0.2) is 5.11 Å². The van der Waals surface area contributed by atoms with Gasteiger partial charge in [0.05, 0.1) is 0 Å². The average Bonchev–Trinajstić information content (AvgIpc) is 2.30. The van der Waals surface area contributed by atoms with Crippen molar-refractivity contribution in [3.05, 3.63) is 68.2 Å². The Labute approximate surface area is 123 Å².